The van der Waals surface area contributed by atoms with Gasteiger partial charge in [0.05, 0.1) is 26.9 Å². The predicted molar refractivity (Wildman–Crippen MR) is 142 cm³/mol. The lowest BCUT2D eigenvalue weighted by atomic mass is 9.98. The molecule has 0 saturated heterocycles. The summed E-state index contributed by atoms with van der Waals surface area (Å²) in [5, 5.41) is 12.4. The minimum Gasteiger partial charge on any atom is -0.444 e. The molecular weight excluding hydrogens is 504 g/mol. The first-order valence-electron chi connectivity index (χ1n) is 10.7. The first-order valence-corrected chi connectivity index (χ1v) is 14.2. The van der Waals surface area contributed by atoms with Crippen LogP contribution in [0.2, 0.25) is 0 Å². The topological polar surface area (TPSA) is 105 Å². The Hall–Kier alpha value is -2.66. The number of rotatable bonds is 7. The van der Waals surface area contributed by atoms with Crippen LogP contribution in [0.15, 0.2) is 67.5 Å². The Morgan fingerprint density at radius 2 is 1.94 bits per heavy atom. The third kappa shape index (κ3) is 6.72. The molecule has 0 saturated carbocycles. The van der Waals surface area contributed by atoms with E-state index >= 15 is 0 Å². The van der Waals surface area contributed by atoms with Gasteiger partial charge in [-0.3, -0.25) is 5.32 Å². The molecule has 0 aliphatic rings. The minimum atomic E-state index is -3.83. The lowest BCUT2D eigenvalue weighted by Gasteiger charge is -2.18. The number of hydrogen-bond acceptors (Lipinski definition) is 8. The van der Waals surface area contributed by atoms with E-state index in [1.165, 1.54) is 35.5 Å². The summed E-state index contributed by atoms with van der Waals surface area (Å²) in [7, 11) is -3.83. The molecule has 186 valence electrons. The second-order valence-electron chi connectivity index (χ2n) is 8.68. The smallest absolute Gasteiger partial charge is 0.412 e. The monoisotopic (exact) mass is 532 g/mol. The summed E-state index contributed by atoms with van der Waals surface area (Å²) in [4.78, 5) is 16.3. The highest BCUT2D eigenvalue weighted by Gasteiger charge is 2.25. The van der Waals surface area contributed by atoms with Gasteiger partial charge in [-0.1, -0.05) is 24.3 Å². The quantitative estimate of drug-likeness (QED) is 0.221. The number of ether oxygens (including phenoxy) is 1. The molecule has 1 amide bonds. The van der Waals surface area contributed by atoms with E-state index in [1.807, 2.05) is 31.2 Å². The van der Waals surface area contributed by atoms with Crippen molar-refractivity contribution < 1.29 is 23.1 Å². The fraction of sp³-hybridized carbons (Fsp3) is 0.280. The number of aliphatic hydroxyl groups is 1. The number of aliphatic imine (C=N–C) groups is 1. The van der Waals surface area contributed by atoms with Gasteiger partial charge in [0.25, 0.3) is 0 Å². The summed E-state index contributed by atoms with van der Waals surface area (Å²) in [6.45, 7) is 7.11. The lowest BCUT2D eigenvalue weighted by Crippen LogP contribution is -2.31. The number of carbonyl (C=O) groups excluding carboxylic acids is 1. The number of thioether (sulfide) groups is 1. The number of aliphatic hydroxyl groups excluding tert-OH is 1. The average molecular weight is 533 g/mol. The maximum atomic E-state index is 13.6. The maximum Gasteiger partial charge on any atom is 0.412 e. The molecule has 2 N–H and O–H groups in total. The van der Waals surface area contributed by atoms with Gasteiger partial charge in [0.2, 0.25) is 9.84 Å². The molecule has 0 radical (unpaired) electrons. The van der Waals surface area contributed by atoms with Crippen LogP contribution in [0.5, 0.6) is 0 Å². The zero-order valence-corrected chi connectivity index (χ0v) is 22.6. The van der Waals surface area contributed by atoms with E-state index in [0.29, 0.717) is 9.21 Å². The summed E-state index contributed by atoms with van der Waals surface area (Å²) < 4.78 is 32.9. The normalized spacial score (nSPS) is 12.2. The second-order valence-corrected chi connectivity index (χ2v) is 12.7. The third-order valence-electron chi connectivity index (χ3n) is 4.84. The molecule has 3 aromatic rings. The van der Waals surface area contributed by atoms with Gasteiger partial charge in [0.1, 0.15) is 10.6 Å². The Balaban J connectivity index is 1.92. The number of sulfone groups is 1. The van der Waals surface area contributed by atoms with Crippen LogP contribution in [0, 0.1) is 6.92 Å². The lowest BCUT2D eigenvalue weighted by molar-refractivity contribution is 0.0565. The average Bonchev–Trinajstić information content (AvgIpc) is 3.22. The fourth-order valence-corrected chi connectivity index (χ4v) is 7.10. The number of carbonyl (C=O) groups is 1. The molecule has 1 heterocycles. The highest BCUT2D eigenvalue weighted by atomic mass is 32.2. The molecule has 10 heteroatoms. The summed E-state index contributed by atoms with van der Waals surface area (Å²) >= 11 is 2.54. The van der Waals surface area contributed by atoms with E-state index in [9.17, 15) is 18.3 Å². The second kappa shape index (κ2) is 10.9. The van der Waals surface area contributed by atoms with Crippen LogP contribution in [-0.2, 0) is 21.2 Å². The van der Waals surface area contributed by atoms with E-state index in [1.54, 1.807) is 45.2 Å². The van der Waals surface area contributed by atoms with Gasteiger partial charge in [-0.05, 0) is 80.5 Å². The first-order chi connectivity index (χ1) is 16.4. The van der Waals surface area contributed by atoms with Crippen LogP contribution in [0.25, 0.3) is 11.1 Å². The molecule has 0 bridgehead atoms. The standard InChI is InChI=1S/C25H28N2O5S3/c1-16-9-10-17(14-28)11-20(16)18-7-6-8-19(12-18)35(30,31)21-13-22(34-23(21)33-5)26-15-27-24(29)32-25(2,3)4/h6-13,15,28H,14H2,1-5H3,(H,26,27,29). The van der Waals surface area contributed by atoms with Crippen molar-refractivity contribution >= 4 is 50.4 Å². The predicted octanol–water partition coefficient (Wildman–Crippen LogP) is 5.96. The van der Waals surface area contributed by atoms with Gasteiger partial charge in [-0.15, -0.1) is 23.1 Å². The van der Waals surface area contributed by atoms with E-state index < -0.39 is 21.5 Å². The van der Waals surface area contributed by atoms with Crippen LogP contribution < -0.4 is 5.32 Å². The van der Waals surface area contributed by atoms with Crippen molar-refractivity contribution in [3.63, 3.8) is 0 Å². The number of alkyl carbamates (subject to hydrolysis) is 1. The van der Waals surface area contributed by atoms with E-state index in [0.717, 1.165) is 22.3 Å². The van der Waals surface area contributed by atoms with Crippen LogP contribution in [0.4, 0.5) is 9.80 Å². The Labute approximate surface area is 214 Å². The van der Waals surface area contributed by atoms with E-state index in [4.69, 9.17) is 4.74 Å². The van der Waals surface area contributed by atoms with Crippen molar-refractivity contribution in [3.05, 3.63) is 59.7 Å². The number of nitrogens with zero attached hydrogens (tertiary/aromatic N) is 1. The molecule has 0 fully saturated rings. The SMILES string of the molecule is CSc1sc(/N=C/NC(=O)OC(C)(C)C)cc1S(=O)(=O)c1cccc(-c2cc(CO)ccc2C)c1. The van der Waals surface area contributed by atoms with Crippen molar-refractivity contribution in [2.24, 2.45) is 4.99 Å². The van der Waals surface area contributed by atoms with Gasteiger partial charge in [0.15, 0.2) is 0 Å². The highest BCUT2D eigenvalue weighted by molar-refractivity contribution is 8.01. The molecule has 2 aromatic carbocycles. The molecule has 0 atom stereocenters. The molecule has 0 spiro atoms. The van der Waals surface area contributed by atoms with Gasteiger partial charge in [0, 0.05) is 0 Å². The van der Waals surface area contributed by atoms with E-state index in [2.05, 4.69) is 10.3 Å². The van der Waals surface area contributed by atoms with Gasteiger partial charge in [-0.2, -0.15) is 0 Å². The summed E-state index contributed by atoms with van der Waals surface area (Å²) in [6.07, 6.45) is 2.35. The molecule has 0 unspecified atom stereocenters. The number of amides is 1. The fourth-order valence-electron chi connectivity index (χ4n) is 3.23. The molecule has 0 aliphatic carbocycles. The first kappa shape index (κ1) is 26.9. The van der Waals surface area contributed by atoms with Crippen LogP contribution >= 0.6 is 23.1 Å². The zero-order chi connectivity index (χ0) is 25.8. The Bertz CT molecular complexity index is 1360. The number of nitrogens with one attached hydrogen (secondary N) is 1. The van der Waals surface area contributed by atoms with Crippen molar-refractivity contribution in [2.45, 2.75) is 53.9 Å². The third-order valence-corrected chi connectivity index (χ3v) is 9.05. The van der Waals surface area contributed by atoms with Crippen molar-refractivity contribution in [1.82, 2.24) is 5.32 Å². The van der Waals surface area contributed by atoms with Crippen LogP contribution in [-0.4, -0.2) is 37.8 Å². The van der Waals surface area contributed by atoms with Gasteiger partial charge in [-0.25, -0.2) is 18.2 Å². The van der Waals surface area contributed by atoms with Gasteiger partial charge >= 0.3 is 6.09 Å². The summed E-state index contributed by atoms with van der Waals surface area (Å²) in [5.74, 6) is 0. The zero-order valence-electron chi connectivity index (χ0n) is 20.2. The number of benzene rings is 2. The van der Waals surface area contributed by atoms with Crippen LogP contribution in [0.1, 0.15) is 31.9 Å². The Morgan fingerprint density at radius 3 is 2.60 bits per heavy atom. The maximum absolute atomic E-state index is 13.6. The van der Waals surface area contributed by atoms with Crippen LogP contribution in [0.3, 0.4) is 0 Å². The molecule has 7 nitrogen and oxygen atoms in total. The number of thiophene rings is 1. The molecule has 1 aromatic heterocycles. The minimum absolute atomic E-state index is 0.0939. The molecular formula is C25H28N2O5S3. The summed E-state index contributed by atoms with van der Waals surface area (Å²) in [5.41, 5.74) is 2.71. The number of hydrogen-bond donors (Lipinski definition) is 2. The molecule has 0 aliphatic heterocycles. The van der Waals surface area contributed by atoms with E-state index in [-0.39, 0.29) is 16.4 Å². The van der Waals surface area contributed by atoms with Crippen molar-refractivity contribution in [2.75, 3.05) is 6.26 Å². The van der Waals surface area contributed by atoms with Crippen molar-refractivity contribution in [3.8, 4) is 11.1 Å². The van der Waals surface area contributed by atoms with Gasteiger partial charge < -0.3 is 9.84 Å². The Morgan fingerprint density at radius 1 is 1.20 bits per heavy atom. The summed E-state index contributed by atoms with van der Waals surface area (Å²) in [6, 6.07) is 13.9. The number of aryl methyl sites for hydroxylation is 1. The molecule has 3 rings (SSSR count). The van der Waals surface area contributed by atoms with Crippen molar-refractivity contribution in [1.29, 1.82) is 0 Å². The highest BCUT2D eigenvalue weighted by Crippen LogP contribution is 2.41. The Kier molecular flexibility index (Phi) is 8.42. The molecule has 35 heavy (non-hydrogen) atoms. The largest absolute Gasteiger partial charge is 0.444 e.